The monoisotopic (exact) mass is 238 g/mol. The Morgan fingerprint density at radius 2 is 2.00 bits per heavy atom. The predicted molar refractivity (Wildman–Crippen MR) is 69.8 cm³/mol. The number of rotatable bonds is 3. The Labute approximate surface area is 105 Å². The molecule has 1 aliphatic carbocycles. The molecule has 0 aromatic rings. The van der Waals surface area contributed by atoms with Gasteiger partial charge in [0.2, 0.25) is 5.91 Å². The molecule has 98 valence electrons. The summed E-state index contributed by atoms with van der Waals surface area (Å²) in [7, 11) is 0. The number of hydrogen-bond donors (Lipinski definition) is 2. The zero-order valence-corrected chi connectivity index (χ0v) is 11.2. The summed E-state index contributed by atoms with van der Waals surface area (Å²) in [4.78, 5) is 12.0. The minimum atomic E-state index is 0.283. The molecule has 2 N–H and O–H groups in total. The van der Waals surface area contributed by atoms with Gasteiger partial charge in [0, 0.05) is 18.5 Å². The summed E-state index contributed by atoms with van der Waals surface area (Å²) in [6.07, 6.45) is 7.14. The van der Waals surface area contributed by atoms with E-state index in [0.717, 1.165) is 25.9 Å². The van der Waals surface area contributed by atoms with Crippen molar-refractivity contribution in [1.29, 1.82) is 0 Å². The highest BCUT2D eigenvalue weighted by Crippen LogP contribution is 2.30. The largest absolute Gasteiger partial charge is 0.354 e. The van der Waals surface area contributed by atoms with E-state index in [-0.39, 0.29) is 5.91 Å². The van der Waals surface area contributed by atoms with Gasteiger partial charge in [0.25, 0.3) is 0 Å². The normalized spacial score (nSPS) is 29.2. The molecule has 0 bridgehead atoms. The Bertz CT molecular complexity index is 269. The van der Waals surface area contributed by atoms with Gasteiger partial charge in [0.05, 0.1) is 0 Å². The SMILES string of the molecule is CC1(C)CCCNC1CNC(=O)C1CCCC1. The van der Waals surface area contributed by atoms with Crippen LogP contribution in [-0.2, 0) is 4.79 Å². The summed E-state index contributed by atoms with van der Waals surface area (Å²) in [5.41, 5.74) is 0.307. The lowest BCUT2D eigenvalue weighted by molar-refractivity contribution is -0.125. The van der Waals surface area contributed by atoms with Crippen LogP contribution in [0.25, 0.3) is 0 Å². The lowest BCUT2D eigenvalue weighted by Crippen LogP contribution is -2.53. The summed E-state index contributed by atoms with van der Waals surface area (Å²) in [5, 5.41) is 6.69. The van der Waals surface area contributed by atoms with Crippen LogP contribution >= 0.6 is 0 Å². The van der Waals surface area contributed by atoms with Gasteiger partial charge in [-0.05, 0) is 37.6 Å². The Morgan fingerprint density at radius 1 is 1.29 bits per heavy atom. The zero-order chi connectivity index (χ0) is 12.3. The van der Waals surface area contributed by atoms with Gasteiger partial charge in [0.1, 0.15) is 0 Å². The first-order valence-corrected chi connectivity index (χ1v) is 7.11. The summed E-state index contributed by atoms with van der Waals surface area (Å²) < 4.78 is 0. The third kappa shape index (κ3) is 3.21. The van der Waals surface area contributed by atoms with Gasteiger partial charge in [-0.15, -0.1) is 0 Å². The molecule has 1 amide bonds. The maximum Gasteiger partial charge on any atom is 0.223 e. The van der Waals surface area contributed by atoms with Crippen molar-refractivity contribution in [3.05, 3.63) is 0 Å². The molecule has 1 heterocycles. The lowest BCUT2D eigenvalue weighted by atomic mass is 9.77. The van der Waals surface area contributed by atoms with Crippen molar-refractivity contribution < 1.29 is 4.79 Å². The van der Waals surface area contributed by atoms with Crippen molar-refractivity contribution in [3.63, 3.8) is 0 Å². The third-order valence-electron chi connectivity index (χ3n) is 4.54. The maximum atomic E-state index is 12.0. The molecule has 1 aliphatic heterocycles. The van der Waals surface area contributed by atoms with Crippen LogP contribution < -0.4 is 10.6 Å². The molecule has 1 saturated heterocycles. The Morgan fingerprint density at radius 3 is 2.65 bits per heavy atom. The minimum Gasteiger partial charge on any atom is -0.354 e. The van der Waals surface area contributed by atoms with E-state index in [4.69, 9.17) is 0 Å². The standard InChI is InChI=1S/C14H26N2O/c1-14(2)8-5-9-15-12(14)10-16-13(17)11-6-3-4-7-11/h11-12,15H,3-10H2,1-2H3,(H,16,17). The second-order valence-electron chi connectivity index (χ2n) is 6.33. The average molecular weight is 238 g/mol. The zero-order valence-electron chi connectivity index (χ0n) is 11.2. The molecule has 1 unspecified atom stereocenters. The molecule has 1 atom stereocenters. The van der Waals surface area contributed by atoms with Crippen LogP contribution in [0, 0.1) is 11.3 Å². The van der Waals surface area contributed by atoms with Crippen LogP contribution in [0.5, 0.6) is 0 Å². The number of nitrogens with one attached hydrogen (secondary N) is 2. The molecule has 2 aliphatic rings. The molecule has 3 heteroatoms. The topological polar surface area (TPSA) is 41.1 Å². The molecule has 0 aromatic carbocycles. The smallest absolute Gasteiger partial charge is 0.223 e. The second-order valence-corrected chi connectivity index (χ2v) is 6.33. The van der Waals surface area contributed by atoms with E-state index in [1.54, 1.807) is 0 Å². The summed E-state index contributed by atoms with van der Waals surface area (Å²) in [6.45, 7) is 6.48. The van der Waals surface area contributed by atoms with E-state index in [0.29, 0.717) is 17.4 Å². The fourth-order valence-electron chi connectivity index (χ4n) is 3.15. The van der Waals surface area contributed by atoms with Crippen molar-refractivity contribution in [2.24, 2.45) is 11.3 Å². The van der Waals surface area contributed by atoms with Gasteiger partial charge in [-0.1, -0.05) is 26.7 Å². The number of hydrogen-bond acceptors (Lipinski definition) is 2. The van der Waals surface area contributed by atoms with Crippen LogP contribution in [0.2, 0.25) is 0 Å². The van der Waals surface area contributed by atoms with Crippen LogP contribution in [0.3, 0.4) is 0 Å². The highest BCUT2D eigenvalue weighted by atomic mass is 16.1. The first-order valence-electron chi connectivity index (χ1n) is 7.11. The predicted octanol–water partition coefficient (Wildman–Crippen LogP) is 2.07. The Hall–Kier alpha value is -0.570. The van der Waals surface area contributed by atoms with Crippen LogP contribution in [0.4, 0.5) is 0 Å². The van der Waals surface area contributed by atoms with Crippen molar-refractivity contribution in [2.45, 2.75) is 58.4 Å². The molecule has 2 fully saturated rings. The second kappa shape index (κ2) is 5.38. The van der Waals surface area contributed by atoms with Gasteiger partial charge in [-0.2, -0.15) is 0 Å². The fourth-order valence-corrected chi connectivity index (χ4v) is 3.15. The summed E-state index contributed by atoms with van der Waals surface area (Å²) in [6, 6.07) is 0.432. The molecule has 1 saturated carbocycles. The van der Waals surface area contributed by atoms with Crippen LogP contribution in [0.15, 0.2) is 0 Å². The lowest BCUT2D eigenvalue weighted by Gasteiger charge is -2.39. The molecule has 3 nitrogen and oxygen atoms in total. The fraction of sp³-hybridized carbons (Fsp3) is 0.929. The van der Waals surface area contributed by atoms with Crippen LogP contribution in [-0.4, -0.2) is 25.0 Å². The highest BCUT2D eigenvalue weighted by Gasteiger charge is 2.32. The van der Waals surface area contributed by atoms with Crippen molar-refractivity contribution in [3.8, 4) is 0 Å². The molecule has 2 rings (SSSR count). The molecular weight excluding hydrogens is 212 g/mol. The van der Waals surface area contributed by atoms with E-state index in [1.807, 2.05) is 0 Å². The Kier molecular flexibility index (Phi) is 4.08. The van der Waals surface area contributed by atoms with Gasteiger partial charge in [-0.25, -0.2) is 0 Å². The Balaban J connectivity index is 1.78. The first kappa shape index (κ1) is 12.9. The quantitative estimate of drug-likeness (QED) is 0.790. The van der Waals surface area contributed by atoms with Gasteiger partial charge >= 0.3 is 0 Å². The van der Waals surface area contributed by atoms with E-state index >= 15 is 0 Å². The molecule has 0 radical (unpaired) electrons. The van der Waals surface area contributed by atoms with Crippen molar-refractivity contribution in [1.82, 2.24) is 10.6 Å². The van der Waals surface area contributed by atoms with Gasteiger partial charge in [0.15, 0.2) is 0 Å². The number of amides is 1. The minimum absolute atomic E-state index is 0.283. The molecular formula is C14H26N2O. The number of carbonyl (C=O) groups excluding carboxylic acids is 1. The number of piperidine rings is 1. The van der Waals surface area contributed by atoms with E-state index in [9.17, 15) is 4.79 Å². The first-order chi connectivity index (χ1) is 8.09. The van der Waals surface area contributed by atoms with Crippen molar-refractivity contribution in [2.75, 3.05) is 13.1 Å². The van der Waals surface area contributed by atoms with Gasteiger partial charge in [-0.3, -0.25) is 4.79 Å². The molecule has 0 aromatic heterocycles. The van der Waals surface area contributed by atoms with Gasteiger partial charge < -0.3 is 10.6 Å². The maximum absolute atomic E-state index is 12.0. The molecule has 17 heavy (non-hydrogen) atoms. The highest BCUT2D eigenvalue weighted by molar-refractivity contribution is 5.78. The number of carbonyl (C=O) groups is 1. The summed E-state index contributed by atoms with van der Waals surface area (Å²) in [5.74, 6) is 0.576. The third-order valence-corrected chi connectivity index (χ3v) is 4.54. The summed E-state index contributed by atoms with van der Waals surface area (Å²) >= 11 is 0. The van der Waals surface area contributed by atoms with E-state index in [2.05, 4.69) is 24.5 Å². The van der Waals surface area contributed by atoms with E-state index < -0.39 is 0 Å². The van der Waals surface area contributed by atoms with E-state index in [1.165, 1.54) is 25.7 Å². The molecule has 0 spiro atoms. The van der Waals surface area contributed by atoms with Crippen LogP contribution in [0.1, 0.15) is 52.4 Å². The van der Waals surface area contributed by atoms with Crippen molar-refractivity contribution >= 4 is 5.91 Å². The average Bonchev–Trinajstić information content (AvgIpc) is 2.80.